The second kappa shape index (κ2) is 6.18. The Morgan fingerprint density at radius 3 is 2.25 bits per heavy atom. The number of benzene rings is 1. The predicted molar refractivity (Wildman–Crippen MR) is 90.5 cm³/mol. The van der Waals surface area contributed by atoms with E-state index in [9.17, 15) is 4.79 Å². The maximum atomic E-state index is 12.6. The lowest BCUT2D eigenvalue weighted by molar-refractivity contribution is -0.122. The zero-order valence-corrected chi connectivity index (χ0v) is 14.4. The SMILES string of the molecule is NC(=S)C1(C(=O)Nc2c(Cl)cc(Br)cc2Cl)CCCC1. The Kier molecular flexibility index (Phi) is 4.95. The van der Waals surface area contributed by atoms with E-state index in [1.165, 1.54) is 0 Å². The number of anilines is 1. The first-order valence-corrected chi connectivity index (χ1v) is 8.08. The van der Waals surface area contributed by atoms with E-state index in [2.05, 4.69) is 21.2 Å². The quantitative estimate of drug-likeness (QED) is 0.738. The smallest absolute Gasteiger partial charge is 0.237 e. The van der Waals surface area contributed by atoms with Gasteiger partial charge in [0.05, 0.1) is 26.1 Å². The molecule has 1 aromatic rings. The minimum absolute atomic E-state index is 0.228. The Morgan fingerprint density at radius 1 is 1.30 bits per heavy atom. The van der Waals surface area contributed by atoms with Gasteiger partial charge in [-0.3, -0.25) is 4.79 Å². The van der Waals surface area contributed by atoms with Crippen LogP contribution in [-0.2, 0) is 4.79 Å². The summed E-state index contributed by atoms with van der Waals surface area (Å²) in [7, 11) is 0. The van der Waals surface area contributed by atoms with Gasteiger partial charge in [-0.25, -0.2) is 0 Å². The average molecular weight is 396 g/mol. The first kappa shape index (κ1) is 16.0. The summed E-state index contributed by atoms with van der Waals surface area (Å²) in [6, 6.07) is 3.34. The van der Waals surface area contributed by atoms with Crippen LogP contribution in [0, 0.1) is 5.41 Å². The minimum Gasteiger partial charge on any atom is -0.392 e. The van der Waals surface area contributed by atoms with Crippen molar-refractivity contribution in [2.75, 3.05) is 5.32 Å². The molecule has 2 rings (SSSR count). The summed E-state index contributed by atoms with van der Waals surface area (Å²) in [6.07, 6.45) is 3.21. The van der Waals surface area contributed by atoms with Gasteiger partial charge in [-0.15, -0.1) is 0 Å². The molecule has 0 aromatic heterocycles. The van der Waals surface area contributed by atoms with Gasteiger partial charge in [0, 0.05) is 4.47 Å². The zero-order valence-electron chi connectivity index (χ0n) is 10.5. The second-order valence-corrected chi connectivity index (χ2v) is 7.02. The summed E-state index contributed by atoms with van der Waals surface area (Å²) in [5.41, 5.74) is 5.39. The molecular weight excluding hydrogens is 383 g/mol. The third-order valence-electron chi connectivity index (χ3n) is 3.61. The molecule has 0 unspecified atom stereocenters. The Balaban J connectivity index is 2.30. The molecule has 0 saturated heterocycles. The zero-order chi connectivity index (χ0) is 14.9. The molecule has 1 aliphatic rings. The molecule has 1 fully saturated rings. The predicted octanol–water partition coefficient (Wildman–Crippen LogP) is 4.54. The number of nitrogens with two attached hydrogens (primary N) is 1. The van der Waals surface area contributed by atoms with E-state index in [-0.39, 0.29) is 10.9 Å². The van der Waals surface area contributed by atoms with Gasteiger partial charge in [0.15, 0.2) is 0 Å². The summed E-state index contributed by atoms with van der Waals surface area (Å²) in [5, 5.41) is 3.52. The normalized spacial score (nSPS) is 16.9. The van der Waals surface area contributed by atoms with Gasteiger partial charge in [-0.1, -0.05) is 64.2 Å². The number of hydrogen-bond donors (Lipinski definition) is 2. The number of nitrogens with one attached hydrogen (secondary N) is 1. The van der Waals surface area contributed by atoms with E-state index in [4.69, 9.17) is 41.2 Å². The van der Waals surface area contributed by atoms with Gasteiger partial charge in [0.1, 0.15) is 0 Å². The van der Waals surface area contributed by atoms with Crippen molar-refractivity contribution in [2.24, 2.45) is 11.1 Å². The van der Waals surface area contributed by atoms with Crippen LogP contribution in [0.25, 0.3) is 0 Å². The topological polar surface area (TPSA) is 55.1 Å². The van der Waals surface area contributed by atoms with Crippen molar-refractivity contribution in [2.45, 2.75) is 25.7 Å². The van der Waals surface area contributed by atoms with Crippen LogP contribution in [0.1, 0.15) is 25.7 Å². The number of hydrogen-bond acceptors (Lipinski definition) is 2. The molecule has 0 radical (unpaired) electrons. The van der Waals surface area contributed by atoms with Crippen LogP contribution < -0.4 is 11.1 Å². The molecule has 1 aromatic carbocycles. The monoisotopic (exact) mass is 394 g/mol. The Labute approximate surface area is 141 Å². The number of amides is 1. The van der Waals surface area contributed by atoms with Crippen LogP contribution in [0.5, 0.6) is 0 Å². The molecule has 3 nitrogen and oxygen atoms in total. The van der Waals surface area contributed by atoms with E-state index < -0.39 is 5.41 Å². The van der Waals surface area contributed by atoms with Crippen molar-refractivity contribution in [3.8, 4) is 0 Å². The lowest BCUT2D eigenvalue weighted by Crippen LogP contribution is -2.44. The van der Waals surface area contributed by atoms with E-state index >= 15 is 0 Å². The summed E-state index contributed by atoms with van der Waals surface area (Å²) in [4.78, 5) is 12.8. The van der Waals surface area contributed by atoms with Crippen molar-refractivity contribution < 1.29 is 4.79 Å². The van der Waals surface area contributed by atoms with Crippen LogP contribution >= 0.6 is 51.3 Å². The van der Waals surface area contributed by atoms with Crippen molar-refractivity contribution >= 4 is 67.9 Å². The average Bonchev–Trinajstić information content (AvgIpc) is 2.83. The van der Waals surface area contributed by atoms with E-state index in [0.717, 1.165) is 17.3 Å². The Morgan fingerprint density at radius 2 is 1.80 bits per heavy atom. The summed E-state index contributed by atoms with van der Waals surface area (Å²) < 4.78 is 0.746. The first-order valence-electron chi connectivity index (χ1n) is 6.13. The highest BCUT2D eigenvalue weighted by Crippen LogP contribution is 2.41. The highest BCUT2D eigenvalue weighted by atomic mass is 79.9. The van der Waals surface area contributed by atoms with Crippen molar-refractivity contribution in [1.29, 1.82) is 0 Å². The fourth-order valence-corrected chi connectivity index (χ4v) is 4.06. The summed E-state index contributed by atoms with van der Waals surface area (Å²) in [6.45, 7) is 0. The number of carbonyl (C=O) groups is 1. The van der Waals surface area contributed by atoms with Crippen LogP contribution in [0.4, 0.5) is 5.69 Å². The van der Waals surface area contributed by atoms with Gasteiger partial charge >= 0.3 is 0 Å². The third kappa shape index (κ3) is 2.96. The third-order valence-corrected chi connectivity index (χ3v) is 5.05. The fraction of sp³-hybridized carbons (Fsp3) is 0.385. The fourth-order valence-electron chi connectivity index (χ4n) is 2.46. The van der Waals surface area contributed by atoms with E-state index in [1.54, 1.807) is 12.1 Å². The standard InChI is InChI=1S/C13H13BrCl2N2OS/c14-7-5-8(15)10(9(16)6-7)18-12(19)13(11(17)20)3-1-2-4-13/h5-6H,1-4H2,(H2,17,20)(H,18,19). The molecule has 1 aliphatic carbocycles. The molecule has 0 bridgehead atoms. The van der Waals surface area contributed by atoms with Crippen molar-refractivity contribution in [1.82, 2.24) is 0 Å². The lowest BCUT2D eigenvalue weighted by Gasteiger charge is -2.26. The first-order chi connectivity index (χ1) is 9.36. The Hall–Kier alpha value is -0.360. The number of rotatable bonds is 3. The molecule has 1 saturated carbocycles. The van der Waals surface area contributed by atoms with E-state index in [0.29, 0.717) is 28.6 Å². The minimum atomic E-state index is -0.783. The molecule has 0 aliphatic heterocycles. The maximum absolute atomic E-state index is 12.6. The molecular formula is C13H13BrCl2N2OS. The molecule has 1 amide bonds. The van der Waals surface area contributed by atoms with Gasteiger partial charge < -0.3 is 11.1 Å². The number of halogens is 3. The summed E-state index contributed by atoms with van der Waals surface area (Å²) >= 11 is 20.6. The van der Waals surface area contributed by atoms with Crippen LogP contribution in [0.15, 0.2) is 16.6 Å². The number of carbonyl (C=O) groups excluding carboxylic acids is 1. The van der Waals surface area contributed by atoms with Gasteiger partial charge in [-0.2, -0.15) is 0 Å². The lowest BCUT2D eigenvalue weighted by atomic mass is 9.85. The maximum Gasteiger partial charge on any atom is 0.237 e. The molecule has 3 N–H and O–H groups in total. The van der Waals surface area contributed by atoms with Gasteiger partial charge in [0.2, 0.25) is 5.91 Å². The molecule has 0 spiro atoms. The highest BCUT2D eigenvalue weighted by molar-refractivity contribution is 9.10. The summed E-state index contributed by atoms with van der Waals surface area (Å²) in [5.74, 6) is -0.228. The van der Waals surface area contributed by atoms with Crippen LogP contribution in [0.3, 0.4) is 0 Å². The van der Waals surface area contributed by atoms with Crippen molar-refractivity contribution in [3.05, 3.63) is 26.7 Å². The second-order valence-electron chi connectivity index (χ2n) is 4.85. The Bertz CT molecular complexity index is 550. The largest absolute Gasteiger partial charge is 0.392 e. The van der Waals surface area contributed by atoms with Crippen molar-refractivity contribution in [3.63, 3.8) is 0 Å². The van der Waals surface area contributed by atoms with Crippen LogP contribution in [0.2, 0.25) is 10.0 Å². The molecule has 7 heteroatoms. The van der Waals surface area contributed by atoms with E-state index in [1.807, 2.05) is 0 Å². The molecule has 0 atom stereocenters. The molecule has 0 heterocycles. The molecule has 20 heavy (non-hydrogen) atoms. The van der Waals surface area contributed by atoms with Gasteiger partial charge in [0.25, 0.3) is 0 Å². The highest BCUT2D eigenvalue weighted by Gasteiger charge is 2.44. The van der Waals surface area contributed by atoms with Crippen LogP contribution in [-0.4, -0.2) is 10.9 Å². The molecule has 108 valence electrons. The number of thiocarbonyl (C=S) groups is 1. The van der Waals surface area contributed by atoms with Gasteiger partial charge in [-0.05, 0) is 25.0 Å².